The maximum atomic E-state index is 12.8. The third kappa shape index (κ3) is 4.18. The lowest BCUT2D eigenvalue weighted by Gasteiger charge is -2.10. The van der Waals surface area contributed by atoms with Gasteiger partial charge in [-0.25, -0.2) is 4.79 Å². The summed E-state index contributed by atoms with van der Waals surface area (Å²) in [7, 11) is 1.19. The van der Waals surface area contributed by atoms with Gasteiger partial charge in [0.1, 0.15) is 0 Å². The predicted molar refractivity (Wildman–Crippen MR) is 91.9 cm³/mol. The van der Waals surface area contributed by atoms with E-state index in [9.17, 15) is 22.8 Å². The van der Waals surface area contributed by atoms with Crippen LogP contribution in [0.4, 0.5) is 13.2 Å². The second-order valence-electron chi connectivity index (χ2n) is 5.83. The van der Waals surface area contributed by atoms with Gasteiger partial charge in [0, 0.05) is 12.7 Å². The van der Waals surface area contributed by atoms with E-state index in [4.69, 9.17) is 4.74 Å². The van der Waals surface area contributed by atoms with Gasteiger partial charge in [0.2, 0.25) is 5.82 Å². The fourth-order valence-electron chi connectivity index (χ4n) is 2.59. The van der Waals surface area contributed by atoms with Crippen LogP contribution in [0.3, 0.4) is 0 Å². The SMILES string of the molecule is CCOC(=O)c1c(C)[nH]c(C(=O)[C@@H](C)Sc2nnc(C(F)(F)F)n2C)c1C. The molecule has 27 heavy (non-hydrogen) atoms. The Morgan fingerprint density at radius 2 is 1.93 bits per heavy atom. The molecule has 2 aromatic heterocycles. The van der Waals surface area contributed by atoms with Crippen molar-refractivity contribution in [3.63, 3.8) is 0 Å². The molecule has 0 radical (unpaired) electrons. The Labute approximate surface area is 157 Å². The first-order valence-corrected chi connectivity index (χ1v) is 8.90. The predicted octanol–water partition coefficient (Wildman–Crippen LogP) is 3.32. The molecular formula is C16H19F3N4O3S. The van der Waals surface area contributed by atoms with Crippen molar-refractivity contribution in [3.05, 3.63) is 28.3 Å². The van der Waals surface area contributed by atoms with Crippen molar-refractivity contribution in [1.82, 2.24) is 19.7 Å². The quantitative estimate of drug-likeness (QED) is 0.451. The average Bonchev–Trinajstić information content (AvgIpc) is 3.06. The maximum Gasteiger partial charge on any atom is 0.451 e. The number of carbonyl (C=O) groups is 2. The standard InChI is InChI=1S/C16H19F3N4O3S/c1-6-26-13(25)10-7(2)11(20-8(10)3)12(24)9(4)27-15-22-21-14(23(15)5)16(17,18)19/h9,20H,6H2,1-5H3/t9-/m1/s1. The Hall–Kier alpha value is -2.30. The average molecular weight is 404 g/mol. The van der Waals surface area contributed by atoms with E-state index in [2.05, 4.69) is 15.2 Å². The molecule has 0 fully saturated rings. The van der Waals surface area contributed by atoms with E-state index >= 15 is 0 Å². The van der Waals surface area contributed by atoms with Crippen molar-refractivity contribution < 1.29 is 27.5 Å². The number of hydrogen-bond acceptors (Lipinski definition) is 6. The number of H-pyrrole nitrogens is 1. The number of ether oxygens (including phenoxy) is 1. The molecule has 0 bridgehead atoms. The van der Waals surface area contributed by atoms with Crippen LogP contribution >= 0.6 is 11.8 Å². The molecule has 2 heterocycles. The molecule has 0 aliphatic heterocycles. The monoisotopic (exact) mass is 404 g/mol. The number of halogens is 3. The van der Waals surface area contributed by atoms with E-state index in [1.807, 2.05) is 0 Å². The fourth-order valence-corrected chi connectivity index (χ4v) is 3.46. The van der Waals surface area contributed by atoms with E-state index in [0.29, 0.717) is 11.3 Å². The Morgan fingerprint density at radius 3 is 2.44 bits per heavy atom. The summed E-state index contributed by atoms with van der Waals surface area (Å²) in [6, 6.07) is 0. The fraction of sp³-hybridized carbons (Fsp3) is 0.500. The van der Waals surface area contributed by atoms with Crippen LogP contribution in [-0.2, 0) is 18.0 Å². The lowest BCUT2D eigenvalue weighted by Crippen LogP contribution is -2.17. The highest BCUT2D eigenvalue weighted by atomic mass is 32.2. The van der Waals surface area contributed by atoms with Crippen molar-refractivity contribution >= 4 is 23.5 Å². The van der Waals surface area contributed by atoms with Crippen molar-refractivity contribution in [1.29, 1.82) is 0 Å². The Balaban J connectivity index is 2.25. The molecule has 0 saturated carbocycles. The molecular weight excluding hydrogens is 385 g/mol. The third-order valence-corrected chi connectivity index (χ3v) is 5.04. The van der Waals surface area contributed by atoms with Gasteiger partial charge in [-0.1, -0.05) is 11.8 Å². The summed E-state index contributed by atoms with van der Waals surface area (Å²) in [5, 5.41) is 5.87. The second-order valence-corrected chi connectivity index (χ2v) is 7.14. The van der Waals surface area contributed by atoms with Crippen molar-refractivity contribution in [2.75, 3.05) is 6.61 Å². The van der Waals surface area contributed by atoms with Gasteiger partial charge in [0.25, 0.3) is 0 Å². The van der Waals surface area contributed by atoms with Crippen LogP contribution < -0.4 is 0 Å². The number of Topliss-reactive ketones (excluding diaryl/α,β-unsaturated/α-hetero) is 1. The molecule has 0 saturated heterocycles. The van der Waals surface area contributed by atoms with Crippen LogP contribution in [-0.4, -0.2) is 43.4 Å². The number of aromatic amines is 1. The zero-order chi connectivity index (χ0) is 20.5. The number of aryl methyl sites for hydroxylation is 1. The minimum Gasteiger partial charge on any atom is -0.462 e. The minimum absolute atomic E-state index is 0.0327. The summed E-state index contributed by atoms with van der Waals surface area (Å²) in [5.41, 5.74) is 1.44. The number of esters is 1. The number of nitrogens with zero attached hydrogens (tertiary/aromatic N) is 3. The molecule has 7 nitrogen and oxygen atoms in total. The molecule has 0 aromatic carbocycles. The maximum absolute atomic E-state index is 12.8. The first-order chi connectivity index (χ1) is 12.5. The van der Waals surface area contributed by atoms with Gasteiger partial charge in [-0.3, -0.25) is 4.79 Å². The molecule has 2 rings (SSSR count). The number of hydrogen-bond donors (Lipinski definition) is 1. The lowest BCUT2D eigenvalue weighted by molar-refractivity contribution is -0.147. The van der Waals surface area contributed by atoms with Crippen molar-refractivity contribution in [2.45, 2.75) is 44.3 Å². The number of thioether (sulfide) groups is 1. The van der Waals surface area contributed by atoms with Gasteiger partial charge in [-0.15, -0.1) is 10.2 Å². The Kier molecular flexibility index (Phi) is 6.03. The molecule has 1 atom stereocenters. The highest BCUT2D eigenvalue weighted by Gasteiger charge is 2.38. The summed E-state index contributed by atoms with van der Waals surface area (Å²) in [5.74, 6) is -2.04. The topological polar surface area (TPSA) is 89.9 Å². The van der Waals surface area contributed by atoms with Gasteiger partial charge in [0.15, 0.2) is 10.9 Å². The number of rotatable bonds is 6. The Bertz CT molecular complexity index is 873. The van der Waals surface area contributed by atoms with Crippen LogP contribution in [0.5, 0.6) is 0 Å². The van der Waals surface area contributed by atoms with Gasteiger partial charge >= 0.3 is 12.1 Å². The largest absolute Gasteiger partial charge is 0.462 e. The minimum atomic E-state index is -4.63. The molecule has 148 valence electrons. The summed E-state index contributed by atoms with van der Waals surface area (Å²) in [6.45, 7) is 6.69. The number of alkyl halides is 3. The molecule has 2 aromatic rings. The smallest absolute Gasteiger partial charge is 0.451 e. The molecule has 11 heteroatoms. The van der Waals surface area contributed by atoms with Gasteiger partial charge in [-0.2, -0.15) is 13.2 Å². The van der Waals surface area contributed by atoms with E-state index in [-0.39, 0.29) is 28.8 Å². The van der Waals surface area contributed by atoms with Crippen LogP contribution in [0.1, 0.15) is 51.8 Å². The molecule has 0 aliphatic carbocycles. The number of nitrogens with one attached hydrogen (secondary N) is 1. The molecule has 0 amide bonds. The van der Waals surface area contributed by atoms with E-state index in [0.717, 1.165) is 16.3 Å². The number of carbonyl (C=O) groups excluding carboxylic acids is 2. The van der Waals surface area contributed by atoms with Crippen molar-refractivity contribution in [3.8, 4) is 0 Å². The van der Waals surface area contributed by atoms with Gasteiger partial charge in [-0.05, 0) is 33.3 Å². The van der Waals surface area contributed by atoms with E-state index in [1.54, 1.807) is 27.7 Å². The number of aromatic nitrogens is 4. The second kappa shape index (κ2) is 7.75. The third-order valence-electron chi connectivity index (χ3n) is 3.90. The zero-order valence-corrected chi connectivity index (χ0v) is 16.2. The van der Waals surface area contributed by atoms with Crippen LogP contribution in [0, 0.1) is 13.8 Å². The normalized spacial score (nSPS) is 12.9. The highest BCUT2D eigenvalue weighted by Crippen LogP contribution is 2.32. The first-order valence-electron chi connectivity index (χ1n) is 8.02. The highest BCUT2D eigenvalue weighted by molar-refractivity contribution is 8.00. The van der Waals surface area contributed by atoms with E-state index < -0.39 is 23.2 Å². The summed E-state index contributed by atoms with van der Waals surface area (Å²) in [4.78, 5) is 27.7. The van der Waals surface area contributed by atoms with Gasteiger partial charge < -0.3 is 14.3 Å². The first kappa shape index (κ1) is 21.0. The van der Waals surface area contributed by atoms with E-state index in [1.165, 1.54) is 7.05 Å². The molecule has 0 unspecified atom stereocenters. The van der Waals surface area contributed by atoms with Gasteiger partial charge in [0.05, 0.1) is 23.1 Å². The lowest BCUT2D eigenvalue weighted by atomic mass is 10.1. The zero-order valence-electron chi connectivity index (χ0n) is 15.4. The molecule has 1 N–H and O–H groups in total. The summed E-state index contributed by atoms with van der Waals surface area (Å²) >= 11 is 0.856. The molecule has 0 spiro atoms. The Morgan fingerprint density at radius 1 is 1.30 bits per heavy atom. The summed E-state index contributed by atoms with van der Waals surface area (Å²) in [6.07, 6.45) is -4.63. The van der Waals surface area contributed by atoms with Crippen molar-refractivity contribution in [2.24, 2.45) is 7.05 Å². The van der Waals surface area contributed by atoms with Crippen LogP contribution in [0.2, 0.25) is 0 Å². The summed E-state index contributed by atoms with van der Waals surface area (Å²) < 4.78 is 44.2. The van der Waals surface area contributed by atoms with Crippen LogP contribution in [0.15, 0.2) is 5.16 Å². The molecule has 0 aliphatic rings. The van der Waals surface area contributed by atoms with Crippen LogP contribution in [0.25, 0.3) is 0 Å². The number of ketones is 1.